The van der Waals surface area contributed by atoms with E-state index in [0.29, 0.717) is 18.7 Å². The maximum Gasteiger partial charge on any atom is 0.355 e. The third-order valence-corrected chi connectivity index (χ3v) is 2.16. The molecular weight excluding hydrogens is 210 g/mol. The third-order valence-electron chi connectivity index (χ3n) is 2.16. The molecule has 0 aromatic carbocycles. The number of ether oxygens (including phenoxy) is 1. The van der Waals surface area contributed by atoms with Crippen LogP contribution in [0.1, 0.15) is 35.1 Å². The van der Waals surface area contributed by atoms with Crippen molar-refractivity contribution in [3.63, 3.8) is 0 Å². The number of hydrogen-bond acceptors (Lipinski definition) is 3. The maximum absolute atomic E-state index is 11.4. The first-order chi connectivity index (χ1) is 7.54. The zero-order valence-corrected chi connectivity index (χ0v) is 9.37. The number of nitrogens with one attached hydrogen (secondary N) is 1. The molecule has 0 saturated heterocycles. The zero-order chi connectivity index (χ0) is 12.1. The minimum atomic E-state index is -0.857. The van der Waals surface area contributed by atoms with Crippen LogP contribution in [0.5, 0.6) is 0 Å². The van der Waals surface area contributed by atoms with E-state index in [-0.39, 0.29) is 6.42 Å². The number of carboxylic acids is 1. The van der Waals surface area contributed by atoms with Crippen LogP contribution < -0.4 is 0 Å². The third kappa shape index (κ3) is 3.12. The monoisotopic (exact) mass is 225 g/mol. The topological polar surface area (TPSA) is 79.4 Å². The predicted molar refractivity (Wildman–Crippen MR) is 57.4 cm³/mol. The average molecular weight is 225 g/mol. The summed E-state index contributed by atoms with van der Waals surface area (Å²) in [6.07, 6.45) is 0.428. The molecule has 0 atom stereocenters. The van der Waals surface area contributed by atoms with Gasteiger partial charge in [0.25, 0.3) is 0 Å². The lowest BCUT2D eigenvalue weighted by Gasteiger charge is -1.99. The van der Waals surface area contributed by atoms with E-state index in [9.17, 15) is 9.59 Å². The highest BCUT2D eigenvalue weighted by Crippen LogP contribution is 2.12. The van der Waals surface area contributed by atoms with Crippen LogP contribution in [-0.2, 0) is 16.0 Å². The van der Waals surface area contributed by atoms with Gasteiger partial charge in [-0.2, -0.15) is 0 Å². The molecule has 1 aromatic rings. The van der Waals surface area contributed by atoms with Crippen LogP contribution in [0.3, 0.4) is 0 Å². The first-order valence-corrected chi connectivity index (χ1v) is 5.12. The molecule has 0 aliphatic carbocycles. The molecule has 16 heavy (non-hydrogen) atoms. The second-order valence-corrected chi connectivity index (χ2v) is 3.47. The molecule has 0 amide bonds. The molecule has 0 unspecified atom stereocenters. The van der Waals surface area contributed by atoms with E-state index >= 15 is 0 Å². The number of aryl methyl sites for hydroxylation is 2. The molecule has 88 valence electrons. The molecule has 0 saturated carbocycles. The SMILES string of the molecule is CCOC(=O)c1[nH]c(CCC(=O)O)cc1C. The Kier molecular flexibility index (Phi) is 4.10. The first kappa shape index (κ1) is 12.3. The Balaban J connectivity index is 2.73. The van der Waals surface area contributed by atoms with Crippen LogP contribution in [0.15, 0.2) is 6.07 Å². The Labute approximate surface area is 93.4 Å². The van der Waals surface area contributed by atoms with Gasteiger partial charge in [-0.3, -0.25) is 4.79 Å². The fourth-order valence-corrected chi connectivity index (χ4v) is 1.42. The molecule has 1 rings (SSSR count). The minimum absolute atomic E-state index is 0.0439. The van der Waals surface area contributed by atoms with Crippen molar-refractivity contribution in [1.82, 2.24) is 4.98 Å². The summed E-state index contributed by atoms with van der Waals surface area (Å²) >= 11 is 0. The smallest absolute Gasteiger partial charge is 0.355 e. The van der Waals surface area contributed by atoms with Crippen LogP contribution in [0.4, 0.5) is 0 Å². The Morgan fingerprint density at radius 2 is 2.19 bits per heavy atom. The lowest BCUT2D eigenvalue weighted by molar-refractivity contribution is -0.136. The van der Waals surface area contributed by atoms with Crippen molar-refractivity contribution < 1.29 is 19.4 Å². The summed E-state index contributed by atoms with van der Waals surface area (Å²) in [6, 6.07) is 1.77. The van der Waals surface area contributed by atoms with Crippen molar-refractivity contribution in [3.05, 3.63) is 23.0 Å². The van der Waals surface area contributed by atoms with E-state index in [1.807, 2.05) is 0 Å². The van der Waals surface area contributed by atoms with Crippen molar-refractivity contribution in [2.24, 2.45) is 0 Å². The summed E-state index contributed by atoms with van der Waals surface area (Å²) in [7, 11) is 0. The molecule has 0 fully saturated rings. The summed E-state index contributed by atoms with van der Waals surface area (Å²) in [5, 5.41) is 8.54. The summed E-state index contributed by atoms with van der Waals surface area (Å²) in [6.45, 7) is 3.84. The van der Waals surface area contributed by atoms with E-state index in [1.165, 1.54) is 0 Å². The highest BCUT2D eigenvalue weighted by molar-refractivity contribution is 5.89. The van der Waals surface area contributed by atoms with Gasteiger partial charge in [0.15, 0.2) is 0 Å². The number of carbonyl (C=O) groups excluding carboxylic acids is 1. The number of esters is 1. The van der Waals surface area contributed by atoms with Crippen LogP contribution in [0, 0.1) is 6.92 Å². The van der Waals surface area contributed by atoms with E-state index in [4.69, 9.17) is 9.84 Å². The molecule has 0 radical (unpaired) electrons. The Hall–Kier alpha value is -1.78. The maximum atomic E-state index is 11.4. The van der Waals surface area contributed by atoms with Crippen molar-refractivity contribution in [1.29, 1.82) is 0 Å². The van der Waals surface area contributed by atoms with Crippen LogP contribution >= 0.6 is 0 Å². The number of aliphatic carboxylic acids is 1. The lowest BCUT2D eigenvalue weighted by atomic mass is 10.2. The number of carbonyl (C=O) groups is 2. The fraction of sp³-hybridized carbons (Fsp3) is 0.455. The minimum Gasteiger partial charge on any atom is -0.481 e. The number of aromatic nitrogens is 1. The van der Waals surface area contributed by atoms with Gasteiger partial charge in [0.05, 0.1) is 13.0 Å². The van der Waals surface area contributed by atoms with Crippen molar-refractivity contribution in [3.8, 4) is 0 Å². The Morgan fingerprint density at radius 3 is 2.75 bits per heavy atom. The second-order valence-electron chi connectivity index (χ2n) is 3.47. The normalized spacial score (nSPS) is 10.1. The fourth-order valence-electron chi connectivity index (χ4n) is 1.42. The Morgan fingerprint density at radius 1 is 1.50 bits per heavy atom. The number of rotatable bonds is 5. The molecular formula is C11H15NO4. The average Bonchev–Trinajstić information content (AvgIpc) is 2.57. The quantitative estimate of drug-likeness (QED) is 0.744. The number of H-pyrrole nitrogens is 1. The van der Waals surface area contributed by atoms with Crippen LogP contribution in [0.25, 0.3) is 0 Å². The molecule has 0 spiro atoms. The van der Waals surface area contributed by atoms with Crippen LogP contribution in [0.2, 0.25) is 0 Å². The summed E-state index contributed by atoms with van der Waals surface area (Å²) in [5.74, 6) is -1.26. The van der Waals surface area contributed by atoms with Crippen LogP contribution in [-0.4, -0.2) is 28.6 Å². The van der Waals surface area contributed by atoms with Gasteiger partial charge in [-0.25, -0.2) is 4.79 Å². The predicted octanol–water partition coefficient (Wildman–Crippen LogP) is 1.52. The Bertz CT molecular complexity index is 395. The van der Waals surface area contributed by atoms with Crippen molar-refractivity contribution in [2.75, 3.05) is 6.61 Å². The van der Waals surface area contributed by atoms with Crippen molar-refractivity contribution >= 4 is 11.9 Å². The van der Waals surface area contributed by atoms with Gasteiger partial charge < -0.3 is 14.8 Å². The molecule has 1 aromatic heterocycles. The summed E-state index contributed by atoms with van der Waals surface area (Å²) < 4.78 is 4.86. The highest BCUT2D eigenvalue weighted by Gasteiger charge is 2.13. The summed E-state index contributed by atoms with van der Waals surface area (Å²) in [4.78, 5) is 24.7. The number of hydrogen-bond donors (Lipinski definition) is 2. The number of carboxylic acid groups (broad SMARTS) is 1. The van der Waals surface area contributed by atoms with Crippen molar-refractivity contribution in [2.45, 2.75) is 26.7 Å². The first-order valence-electron chi connectivity index (χ1n) is 5.12. The second kappa shape index (κ2) is 5.34. The van der Waals surface area contributed by atoms with Gasteiger partial charge in [0.1, 0.15) is 5.69 Å². The number of aromatic amines is 1. The summed E-state index contributed by atoms with van der Waals surface area (Å²) in [5.41, 5.74) is 1.92. The van der Waals surface area contributed by atoms with Gasteiger partial charge in [-0.1, -0.05) is 0 Å². The molecule has 5 heteroatoms. The van der Waals surface area contributed by atoms with Gasteiger partial charge >= 0.3 is 11.9 Å². The molecule has 0 aliphatic rings. The molecule has 5 nitrogen and oxygen atoms in total. The van der Waals surface area contributed by atoms with Gasteiger partial charge in [0.2, 0.25) is 0 Å². The molecule has 0 bridgehead atoms. The van der Waals surface area contributed by atoms with Gasteiger partial charge in [0, 0.05) is 5.69 Å². The van der Waals surface area contributed by atoms with E-state index in [1.54, 1.807) is 19.9 Å². The van der Waals surface area contributed by atoms with E-state index < -0.39 is 11.9 Å². The molecule has 1 heterocycles. The largest absolute Gasteiger partial charge is 0.481 e. The van der Waals surface area contributed by atoms with Gasteiger partial charge in [-0.15, -0.1) is 0 Å². The molecule has 2 N–H and O–H groups in total. The van der Waals surface area contributed by atoms with E-state index in [0.717, 1.165) is 11.3 Å². The standard InChI is InChI=1S/C11H15NO4/c1-3-16-11(15)10-7(2)6-8(12-10)4-5-9(13)14/h6,12H,3-5H2,1-2H3,(H,13,14). The highest BCUT2D eigenvalue weighted by atomic mass is 16.5. The van der Waals surface area contributed by atoms with Gasteiger partial charge in [-0.05, 0) is 31.9 Å². The lowest BCUT2D eigenvalue weighted by Crippen LogP contribution is -2.06. The molecule has 0 aliphatic heterocycles. The zero-order valence-electron chi connectivity index (χ0n) is 9.37. The van der Waals surface area contributed by atoms with E-state index in [2.05, 4.69) is 4.98 Å².